The topological polar surface area (TPSA) is 69.9 Å². The van der Waals surface area contributed by atoms with Gasteiger partial charge in [0, 0.05) is 65.8 Å². The van der Waals surface area contributed by atoms with E-state index in [1.54, 1.807) is 0 Å². The van der Waals surface area contributed by atoms with E-state index in [-0.39, 0.29) is 0 Å². The lowest BCUT2D eigenvalue weighted by molar-refractivity contribution is 0.668. The zero-order valence-electron chi connectivity index (χ0n) is 33.7. The molecule has 0 aliphatic carbocycles. The number of para-hydroxylation sites is 4. The lowest BCUT2D eigenvalue weighted by Crippen LogP contribution is -2.00. The molecule has 0 aliphatic rings. The maximum Gasteiger partial charge on any atom is 0.164 e. The van der Waals surface area contributed by atoms with Gasteiger partial charge in [0.1, 0.15) is 22.3 Å². The summed E-state index contributed by atoms with van der Waals surface area (Å²) in [6.45, 7) is 0. The standard InChI is InChI=1S/C57H34N4O2/c1-4-15-35(16-5-1)55-58-56(36-17-6-2-7-18-36)60-57(59-55)46-31-30-41(37-28-32-51-47(33-37)44-22-11-13-26-50(44)62-51)54-52(46)45-24-14-23-40(53(45)63-54)38-27-29-43-42-21-10-12-25-48(42)61(49(43)34-38)39-19-8-3-9-20-39/h1-34H. The van der Waals surface area contributed by atoms with Crippen molar-refractivity contribution in [3.8, 4) is 62.1 Å². The van der Waals surface area contributed by atoms with Crippen LogP contribution in [0.2, 0.25) is 0 Å². The maximum atomic E-state index is 7.28. The van der Waals surface area contributed by atoms with Crippen LogP contribution in [0.5, 0.6) is 0 Å². The van der Waals surface area contributed by atoms with E-state index in [0.717, 1.165) is 99.5 Å². The summed E-state index contributed by atoms with van der Waals surface area (Å²) in [5, 5.41) is 6.44. The number of fused-ring (bicyclic) bond motifs is 9. The monoisotopic (exact) mass is 806 g/mol. The molecule has 13 rings (SSSR count). The molecule has 4 aromatic heterocycles. The molecule has 13 aromatic rings. The Balaban J connectivity index is 1.09. The Kier molecular flexibility index (Phi) is 7.80. The molecule has 0 fully saturated rings. The van der Waals surface area contributed by atoms with Crippen molar-refractivity contribution < 1.29 is 8.83 Å². The molecular formula is C57H34N4O2. The molecule has 9 aromatic carbocycles. The van der Waals surface area contributed by atoms with Crippen molar-refractivity contribution >= 4 is 65.7 Å². The van der Waals surface area contributed by atoms with Crippen LogP contribution in [0.4, 0.5) is 0 Å². The SMILES string of the molecule is c1ccc(-c2nc(-c3ccccc3)nc(-c3ccc(-c4ccc5oc6ccccc6c5c4)c4oc5c(-c6ccc7c8ccccc8n(-c8ccccc8)c7c6)cccc5c34)n2)cc1. The third kappa shape index (κ3) is 5.62. The molecule has 6 nitrogen and oxygen atoms in total. The fourth-order valence-electron chi connectivity index (χ4n) is 9.36. The van der Waals surface area contributed by atoms with Crippen LogP contribution in [-0.4, -0.2) is 19.5 Å². The van der Waals surface area contributed by atoms with Crippen LogP contribution in [0.15, 0.2) is 215 Å². The van der Waals surface area contributed by atoms with Gasteiger partial charge in [0.05, 0.1) is 11.0 Å². The first-order valence-electron chi connectivity index (χ1n) is 21.1. The first kappa shape index (κ1) is 35.2. The Morgan fingerprint density at radius 3 is 1.67 bits per heavy atom. The first-order valence-corrected chi connectivity index (χ1v) is 21.1. The van der Waals surface area contributed by atoms with Gasteiger partial charge in [-0.05, 0) is 65.7 Å². The fourth-order valence-corrected chi connectivity index (χ4v) is 9.36. The third-order valence-electron chi connectivity index (χ3n) is 12.3. The predicted molar refractivity (Wildman–Crippen MR) is 256 cm³/mol. The minimum atomic E-state index is 0.567. The smallest absolute Gasteiger partial charge is 0.164 e. The lowest BCUT2D eigenvalue weighted by atomic mass is 9.95. The van der Waals surface area contributed by atoms with Crippen molar-refractivity contribution in [1.29, 1.82) is 0 Å². The van der Waals surface area contributed by atoms with E-state index >= 15 is 0 Å². The van der Waals surface area contributed by atoms with Crippen LogP contribution in [0.25, 0.3) is 128 Å². The molecule has 4 heterocycles. The highest BCUT2D eigenvalue weighted by atomic mass is 16.3. The second kappa shape index (κ2) is 14.0. The Morgan fingerprint density at radius 1 is 0.317 bits per heavy atom. The molecule has 0 atom stereocenters. The highest BCUT2D eigenvalue weighted by Crippen LogP contribution is 2.46. The van der Waals surface area contributed by atoms with Crippen LogP contribution < -0.4 is 0 Å². The van der Waals surface area contributed by atoms with Crippen molar-refractivity contribution in [2.45, 2.75) is 0 Å². The van der Waals surface area contributed by atoms with Crippen molar-refractivity contribution in [3.05, 3.63) is 206 Å². The van der Waals surface area contributed by atoms with Gasteiger partial charge in [-0.25, -0.2) is 15.0 Å². The number of rotatable bonds is 6. The second-order valence-electron chi connectivity index (χ2n) is 15.9. The van der Waals surface area contributed by atoms with Gasteiger partial charge in [0.25, 0.3) is 0 Å². The Morgan fingerprint density at radius 2 is 0.889 bits per heavy atom. The molecule has 0 saturated heterocycles. The van der Waals surface area contributed by atoms with Gasteiger partial charge in [0.2, 0.25) is 0 Å². The summed E-state index contributed by atoms with van der Waals surface area (Å²) in [6.07, 6.45) is 0. The summed E-state index contributed by atoms with van der Waals surface area (Å²) in [6, 6.07) is 71.5. The summed E-state index contributed by atoms with van der Waals surface area (Å²) < 4.78 is 15.9. The molecule has 294 valence electrons. The molecule has 0 saturated carbocycles. The third-order valence-corrected chi connectivity index (χ3v) is 12.3. The van der Waals surface area contributed by atoms with Crippen molar-refractivity contribution in [1.82, 2.24) is 19.5 Å². The van der Waals surface area contributed by atoms with Gasteiger partial charge in [0.15, 0.2) is 17.5 Å². The van der Waals surface area contributed by atoms with Gasteiger partial charge in [-0.1, -0.05) is 152 Å². The number of hydrogen-bond donors (Lipinski definition) is 0. The van der Waals surface area contributed by atoms with Crippen LogP contribution in [0, 0.1) is 0 Å². The Labute approximate surface area is 361 Å². The van der Waals surface area contributed by atoms with Crippen LogP contribution in [0.3, 0.4) is 0 Å². The molecule has 63 heavy (non-hydrogen) atoms. The lowest BCUT2D eigenvalue weighted by Gasteiger charge is -2.11. The van der Waals surface area contributed by atoms with E-state index in [4.69, 9.17) is 23.8 Å². The molecule has 0 unspecified atom stereocenters. The molecule has 0 bridgehead atoms. The van der Waals surface area contributed by atoms with Crippen LogP contribution in [0.1, 0.15) is 0 Å². The Bertz CT molecular complexity index is 3850. The largest absolute Gasteiger partial charge is 0.456 e. The molecular weight excluding hydrogens is 773 g/mol. The quantitative estimate of drug-likeness (QED) is 0.167. The zero-order valence-corrected chi connectivity index (χ0v) is 33.7. The van der Waals surface area contributed by atoms with Crippen molar-refractivity contribution in [2.75, 3.05) is 0 Å². The van der Waals surface area contributed by atoms with E-state index in [1.165, 1.54) is 10.8 Å². The summed E-state index contributed by atoms with van der Waals surface area (Å²) in [7, 11) is 0. The average molecular weight is 807 g/mol. The fraction of sp³-hybridized carbons (Fsp3) is 0. The number of nitrogens with zero attached hydrogens (tertiary/aromatic N) is 4. The number of aromatic nitrogens is 4. The highest BCUT2D eigenvalue weighted by molar-refractivity contribution is 6.19. The number of furan rings is 2. The van der Waals surface area contributed by atoms with E-state index in [1.807, 2.05) is 72.8 Å². The molecule has 0 amide bonds. The van der Waals surface area contributed by atoms with E-state index < -0.39 is 0 Å². The van der Waals surface area contributed by atoms with Crippen LogP contribution >= 0.6 is 0 Å². The summed E-state index contributed by atoms with van der Waals surface area (Å²) in [4.78, 5) is 15.4. The second-order valence-corrected chi connectivity index (χ2v) is 15.9. The highest BCUT2D eigenvalue weighted by Gasteiger charge is 2.24. The van der Waals surface area contributed by atoms with Crippen molar-refractivity contribution in [2.24, 2.45) is 0 Å². The number of hydrogen-bond acceptors (Lipinski definition) is 5. The summed E-state index contributed by atoms with van der Waals surface area (Å²) in [5.41, 5.74) is 13.4. The summed E-state index contributed by atoms with van der Waals surface area (Å²) >= 11 is 0. The minimum absolute atomic E-state index is 0.567. The van der Waals surface area contributed by atoms with Gasteiger partial charge in [-0.2, -0.15) is 0 Å². The normalized spacial score (nSPS) is 11.8. The molecule has 0 aliphatic heterocycles. The first-order chi connectivity index (χ1) is 31.2. The van der Waals surface area contributed by atoms with E-state index in [0.29, 0.717) is 17.5 Å². The minimum Gasteiger partial charge on any atom is -0.456 e. The maximum absolute atomic E-state index is 7.28. The van der Waals surface area contributed by atoms with Gasteiger partial charge in [-0.3, -0.25) is 0 Å². The van der Waals surface area contributed by atoms with Crippen molar-refractivity contribution in [3.63, 3.8) is 0 Å². The molecule has 0 spiro atoms. The van der Waals surface area contributed by atoms with E-state index in [9.17, 15) is 0 Å². The van der Waals surface area contributed by atoms with Crippen LogP contribution in [-0.2, 0) is 0 Å². The number of benzene rings is 9. The molecule has 0 radical (unpaired) electrons. The summed E-state index contributed by atoms with van der Waals surface area (Å²) in [5.74, 6) is 1.77. The van der Waals surface area contributed by atoms with E-state index in [2.05, 4.69) is 138 Å². The zero-order chi connectivity index (χ0) is 41.4. The average Bonchev–Trinajstić information content (AvgIpc) is 4.04. The van der Waals surface area contributed by atoms with Gasteiger partial charge in [-0.15, -0.1) is 0 Å². The molecule has 0 N–H and O–H groups in total. The predicted octanol–water partition coefficient (Wildman–Crippen LogP) is 15.1. The Hall–Kier alpha value is -8.61. The van der Waals surface area contributed by atoms with Gasteiger partial charge < -0.3 is 13.4 Å². The molecule has 6 heteroatoms. The van der Waals surface area contributed by atoms with Gasteiger partial charge >= 0.3 is 0 Å².